The molecular formula is C21H17FN2. The molecule has 3 heteroatoms. The minimum atomic E-state index is -0.349. The van der Waals surface area contributed by atoms with E-state index < -0.39 is 0 Å². The highest BCUT2D eigenvalue weighted by Crippen LogP contribution is 2.22. The fourth-order valence-electron chi connectivity index (χ4n) is 2.61. The zero-order valence-electron chi connectivity index (χ0n) is 13.6. The summed E-state index contributed by atoms with van der Waals surface area (Å²) in [7, 11) is 0. The molecule has 0 aliphatic heterocycles. The molecular weight excluding hydrogens is 299 g/mol. The van der Waals surface area contributed by atoms with Gasteiger partial charge in [0.25, 0.3) is 0 Å². The number of nitrogens with zero attached hydrogens (tertiary/aromatic N) is 2. The summed E-state index contributed by atoms with van der Waals surface area (Å²) >= 11 is 0. The quantitative estimate of drug-likeness (QED) is 0.603. The minimum absolute atomic E-state index is 0.349. The van der Waals surface area contributed by atoms with Crippen LogP contribution in [0.15, 0.2) is 60.8 Å². The van der Waals surface area contributed by atoms with E-state index in [0.717, 1.165) is 11.4 Å². The molecule has 0 saturated carbocycles. The lowest BCUT2D eigenvalue weighted by Gasteiger charge is -2.10. The highest BCUT2D eigenvalue weighted by molar-refractivity contribution is 5.89. The zero-order chi connectivity index (χ0) is 17.1. The first-order valence-corrected chi connectivity index (χ1v) is 7.71. The van der Waals surface area contributed by atoms with Crippen LogP contribution >= 0.6 is 0 Å². The Morgan fingerprint density at radius 1 is 1.04 bits per heavy atom. The number of aromatic nitrogens is 1. The van der Waals surface area contributed by atoms with Gasteiger partial charge >= 0.3 is 0 Å². The second-order valence-electron chi connectivity index (χ2n) is 5.75. The van der Waals surface area contributed by atoms with Crippen LogP contribution in [-0.4, -0.2) is 4.57 Å². The fourth-order valence-corrected chi connectivity index (χ4v) is 2.61. The van der Waals surface area contributed by atoms with Gasteiger partial charge in [-0.05, 0) is 73.0 Å². The van der Waals surface area contributed by atoms with E-state index in [2.05, 4.69) is 32.0 Å². The van der Waals surface area contributed by atoms with E-state index in [1.165, 1.54) is 23.3 Å². The predicted octanol–water partition coefficient (Wildman–Crippen LogP) is 5.30. The van der Waals surface area contributed by atoms with Crippen LogP contribution in [0.4, 0.5) is 4.39 Å². The van der Waals surface area contributed by atoms with Crippen LogP contribution in [0.3, 0.4) is 0 Å². The Bertz CT molecular complexity index is 958. The molecule has 0 bridgehead atoms. The molecule has 0 aliphatic rings. The van der Waals surface area contributed by atoms with Crippen LogP contribution in [0.25, 0.3) is 17.3 Å². The smallest absolute Gasteiger partial charge is 0.123 e. The highest BCUT2D eigenvalue weighted by atomic mass is 19.1. The average Bonchev–Trinajstić information content (AvgIpc) is 3.03. The maximum Gasteiger partial charge on any atom is 0.123 e. The van der Waals surface area contributed by atoms with Crippen LogP contribution in [0.1, 0.15) is 22.4 Å². The van der Waals surface area contributed by atoms with Crippen LogP contribution in [0.5, 0.6) is 0 Å². The topological polar surface area (TPSA) is 28.7 Å². The summed E-state index contributed by atoms with van der Waals surface area (Å²) in [5.41, 5.74) is 5.36. The molecule has 0 spiro atoms. The lowest BCUT2D eigenvalue weighted by Crippen LogP contribution is -1.96. The van der Waals surface area contributed by atoms with Crippen molar-refractivity contribution in [3.63, 3.8) is 0 Å². The zero-order valence-corrected chi connectivity index (χ0v) is 13.6. The third kappa shape index (κ3) is 3.13. The Balaban J connectivity index is 2.06. The van der Waals surface area contributed by atoms with Gasteiger partial charge < -0.3 is 4.57 Å². The van der Waals surface area contributed by atoms with Gasteiger partial charge in [0.15, 0.2) is 0 Å². The average molecular weight is 316 g/mol. The molecule has 24 heavy (non-hydrogen) atoms. The number of nitriles is 1. The SMILES string of the molecule is Cc1ccc(-n2cccc2/C=C(/C#N)c2cccc(F)c2)cc1C. The molecule has 2 aromatic carbocycles. The first-order valence-electron chi connectivity index (χ1n) is 7.71. The van der Waals surface area contributed by atoms with Crippen molar-refractivity contribution in [3.05, 3.63) is 89.0 Å². The van der Waals surface area contributed by atoms with Crippen LogP contribution < -0.4 is 0 Å². The van der Waals surface area contributed by atoms with Crippen molar-refractivity contribution in [1.82, 2.24) is 4.57 Å². The maximum atomic E-state index is 13.4. The molecule has 0 amide bonds. The molecule has 0 aliphatic carbocycles. The summed E-state index contributed by atoms with van der Waals surface area (Å²) < 4.78 is 15.4. The standard InChI is InChI=1S/C21H17FN2/c1-15-8-9-21(11-16(15)2)24-10-4-7-20(24)13-18(14-23)17-5-3-6-19(22)12-17/h3-13H,1-2H3/b18-13-. The molecule has 1 heterocycles. The Hall–Kier alpha value is -3.12. The van der Waals surface area contributed by atoms with Gasteiger partial charge in [0.1, 0.15) is 5.82 Å². The van der Waals surface area contributed by atoms with Crippen LogP contribution in [0.2, 0.25) is 0 Å². The highest BCUT2D eigenvalue weighted by Gasteiger charge is 2.07. The lowest BCUT2D eigenvalue weighted by molar-refractivity contribution is 0.627. The first kappa shape index (κ1) is 15.8. The molecule has 118 valence electrons. The third-order valence-corrected chi connectivity index (χ3v) is 4.10. The first-order chi connectivity index (χ1) is 11.6. The van der Waals surface area contributed by atoms with E-state index in [4.69, 9.17) is 0 Å². The predicted molar refractivity (Wildman–Crippen MR) is 95.1 cm³/mol. The van der Waals surface area contributed by atoms with Gasteiger partial charge in [-0.15, -0.1) is 0 Å². The summed E-state index contributed by atoms with van der Waals surface area (Å²) in [6.07, 6.45) is 3.74. The van der Waals surface area contributed by atoms with Gasteiger partial charge in [-0.3, -0.25) is 0 Å². The van der Waals surface area contributed by atoms with E-state index in [1.807, 2.05) is 29.0 Å². The number of hydrogen-bond acceptors (Lipinski definition) is 1. The van der Waals surface area contributed by atoms with Gasteiger partial charge in [0, 0.05) is 17.6 Å². The van der Waals surface area contributed by atoms with Crippen molar-refractivity contribution in [2.24, 2.45) is 0 Å². The molecule has 0 unspecified atom stereocenters. The molecule has 0 fully saturated rings. The van der Waals surface area contributed by atoms with E-state index in [-0.39, 0.29) is 5.82 Å². The summed E-state index contributed by atoms with van der Waals surface area (Å²) in [5, 5.41) is 9.46. The fraction of sp³-hybridized carbons (Fsp3) is 0.0952. The minimum Gasteiger partial charge on any atom is -0.317 e. The number of allylic oxidation sites excluding steroid dienone is 1. The van der Waals surface area contributed by atoms with Gasteiger partial charge in [-0.25, -0.2) is 4.39 Å². The van der Waals surface area contributed by atoms with Gasteiger partial charge in [0.05, 0.1) is 11.6 Å². The molecule has 0 radical (unpaired) electrons. The lowest BCUT2D eigenvalue weighted by atomic mass is 10.1. The van der Waals surface area contributed by atoms with Gasteiger partial charge in [0.2, 0.25) is 0 Å². The van der Waals surface area contributed by atoms with Crippen molar-refractivity contribution >= 4 is 11.6 Å². The van der Waals surface area contributed by atoms with Crippen molar-refractivity contribution in [2.75, 3.05) is 0 Å². The monoisotopic (exact) mass is 316 g/mol. The van der Waals surface area contributed by atoms with E-state index in [0.29, 0.717) is 11.1 Å². The molecule has 3 rings (SSSR count). The van der Waals surface area contributed by atoms with Crippen LogP contribution in [-0.2, 0) is 0 Å². The van der Waals surface area contributed by atoms with Crippen molar-refractivity contribution in [3.8, 4) is 11.8 Å². The molecule has 0 saturated heterocycles. The summed E-state index contributed by atoms with van der Waals surface area (Å²) in [6, 6.07) is 18.4. The van der Waals surface area contributed by atoms with Crippen molar-refractivity contribution < 1.29 is 4.39 Å². The molecule has 0 atom stereocenters. The van der Waals surface area contributed by atoms with E-state index in [1.54, 1.807) is 18.2 Å². The number of benzene rings is 2. The largest absolute Gasteiger partial charge is 0.317 e. The maximum absolute atomic E-state index is 13.4. The second-order valence-corrected chi connectivity index (χ2v) is 5.75. The molecule has 0 N–H and O–H groups in total. The van der Waals surface area contributed by atoms with E-state index >= 15 is 0 Å². The van der Waals surface area contributed by atoms with Crippen LogP contribution in [0, 0.1) is 31.0 Å². The van der Waals surface area contributed by atoms with Crippen molar-refractivity contribution in [2.45, 2.75) is 13.8 Å². The van der Waals surface area contributed by atoms with E-state index in [9.17, 15) is 9.65 Å². The summed E-state index contributed by atoms with van der Waals surface area (Å²) in [6.45, 7) is 4.15. The number of halogens is 1. The van der Waals surface area contributed by atoms with Gasteiger partial charge in [-0.1, -0.05) is 18.2 Å². The number of hydrogen-bond donors (Lipinski definition) is 0. The number of aryl methyl sites for hydroxylation is 2. The second kappa shape index (κ2) is 6.55. The molecule has 2 nitrogen and oxygen atoms in total. The Kier molecular flexibility index (Phi) is 4.31. The Morgan fingerprint density at radius 3 is 2.58 bits per heavy atom. The molecule has 3 aromatic rings. The summed E-state index contributed by atoms with van der Waals surface area (Å²) in [5.74, 6) is -0.349. The Labute approximate surface area is 141 Å². The Morgan fingerprint density at radius 2 is 1.88 bits per heavy atom. The number of rotatable bonds is 3. The van der Waals surface area contributed by atoms with Crippen molar-refractivity contribution in [1.29, 1.82) is 5.26 Å². The summed E-state index contributed by atoms with van der Waals surface area (Å²) in [4.78, 5) is 0. The third-order valence-electron chi connectivity index (χ3n) is 4.10. The van der Waals surface area contributed by atoms with Gasteiger partial charge in [-0.2, -0.15) is 5.26 Å². The molecule has 1 aromatic heterocycles. The normalized spacial score (nSPS) is 11.3.